The van der Waals surface area contributed by atoms with Gasteiger partial charge >= 0.3 is 0 Å². The van der Waals surface area contributed by atoms with Crippen molar-refractivity contribution in [2.45, 2.75) is 5.63 Å². The molecule has 0 rings (SSSR count). The molecule has 0 saturated heterocycles. The largest absolute Gasteiger partial charge is 0.229 e. The van der Waals surface area contributed by atoms with E-state index in [-0.39, 0.29) is 5.75 Å². The Kier molecular flexibility index (Phi) is 3.11. The van der Waals surface area contributed by atoms with Gasteiger partial charge < -0.3 is 0 Å². The summed E-state index contributed by atoms with van der Waals surface area (Å²) in [6.45, 7) is 0. The molecule has 0 amide bonds. The van der Waals surface area contributed by atoms with E-state index in [1.807, 2.05) is 0 Å². The van der Waals surface area contributed by atoms with Crippen molar-refractivity contribution in [3.8, 4) is 0 Å². The van der Waals surface area contributed by atoms with Crippen LogP contribution >= 0.6 is 24.2 Å². The first-order chi connectivity index (χ1) is 2.27. The van der Waals surface area contributed by atoms with E-state index in [2.05, 4.69) is 12.6 Å². The highest BCUT2D eigenvalue weighted by molar-refractivity contribution is 7.80. The van der Waals surface area contributed by atoms with Gasteiger partial charge in [0.1, 0.15) is 0 Å². The van der Waals surface area contributed by atoms with Crippen LogP contribution in [0, 0.1) is 0 Å². The maximum atomic E-state index is 11.1. The van der Waals surface area contributed by atoms with Gasteiger partial charge in [-0.15, -0.1) is 0 Å². The van der Waals surface area contributed by atoms with E-state index in [4.69, 9.17) is 11.6 Å². The average Bonchev–Trinajstić information content (AvgIpc) is 1.38. The van der Waals surface area contributed by atoms with Crippen LogP contribution in [0.4, 0.5) is 4.39 Å². The SMILES string of the molecule is FC(Cl)C[S]. The topological polar surface area (TPSA) is 0 Å². The number of alkyl halides is 2. The summed E-state index contributed by atoms with van der Waals surface area (Å²) in [5.74, 6) is -0.0123. The average molecular weight is 114 g/mol. The zero-order valence-electron chi connectivity index (χ0n) is 2.45. The van der Waals surface area contributed by atoms with Crippen molar-refractivity contribution in [3.63, 3.8) is 0 Å². The molecule has 0 aromatic rings. The lowest BCUT2D eigenvalue weighted by Gasteiger charge is -1.81. The summed E-state index contributed by atoms with van der Waals surface area (Å²) in [4.78, 5) is 0. The van der Waals surface area contributed by atoms with E-state index < -0.39 is 5.63 Å². The lowest BCUT2D eigenvalue weighted by Crippen LogP contribution is -1.85. The predicted octanol–water partition coefficient (Wildman–Crippen LogP) is 1.72. The quantitative estimate of drug-likeness (QED) is 0.455. The van der Waals surface area contributed by atoms with E-state index in [1.165, 1.54) is 0 Å². The van der Waals surface area contributed by atoms with Crippen molar-refractivity contribution in [2.24, 2.45) is 0 Å². The summed E-state index contributed by atoms with van der Waals surface area (Å²) in [7, 11) is 0. The van der Waals surface area contributed by atoms with Crippen LogP contribution in [0.3, 0.4) is 0 Å². The second kappa shape index (κ2) is 2.79. The molecule has 0 aliphatic rings. The van der Waals surface area contributed by atoms with Crippen LogP contribution in [0.25, 0.3) is 0 Å². The lowest BCUT2D eigenvalue weighted by atomic mass is 10.9. The number of hydrogen-bond donors (Lipinski definition) is 0. The Balaban J connectivity index is 2.54. The number of hydrogen-bond acceptors (Lipinski definition) is 0. The summed E-state index contributed by atoms with van der Waals surface area (Å²) < 4.78 is 11.1. The van der Waals surface area contributed by atoms with Crippen molar-refractivity contribution < 1.29 is 4.39 Å². The summed E-state index contributed by atoms with van der Waals surface area (Å²) in [5, 5.41) is 0. The Hall–Kier alpha value is 0.570. The molecule has 5 heavy (non-hydrogen) atoms. The highest BCUT2D eigenvalue weighted by atomic mass is 35.5. The van der Waals surface area contributed by atoms with Gasteiger partial charge in [0.15, 0.2) is 5.63 Å². The van der Waals surface area contributed by atoms with Gasteiger partial charge in [-0.2, -0.15) is 0 Å². The van der Waals surface area contributed by atoms with Crippen molar-refractivity contribution in [1.82, 2.24) is 0 Å². The molecule has 0 aromatic carbocycles. The molecule has 31 valence electrons. The van der Waals surface area contributed by atoms with Crippen molar-refractivity contribution in [2.75, 3.05) is 5.75 Å². The van der Waals surface area contributed by atoms with Gasteiger partial charge in [0.05, 0.1) is 0 Å². The van der Waals surface area contributed by atoms with Gasteiger partial charge in [0, 0.05) is 5.75 Å². The molecule has 0 aromatic heterocycles. The molecule has 0 saturated carbocycles. The van der Waals surface area contributed by atoms with E-state index >= 15 is 0 Å². The summed E-state index contributed by atoms with van der Waals surface area (Å²) >= 11 is 8.86. The van der Waals surface area contributed by atoms with Crippen molar-refractivity contribution >= 4 is 24.2 Å². The molecule has 0 fully saturated rings. The number of rotatable bonds is 1. The molecular weight excluding hydrogens is 111 g/mol. The van der Waals surface area contributed by atoms with Gasteiger partial charge in [-0.3, -0.25) is 0 Å². The van der Waals surface area contributed by atoms with Crippen LogP contribution in [-0.2, 0) is 0 Å². The van der Waals surface area contributed by atoms with Crippen molar-refractivity contribution in [1.29, 1.82) is 0 Å². The molecular formula is C2H3ClFS. The highest BCUT2D eigenvalue weighted by Gasteiger charge is 1.90. The Morgan fingerprint density at radius 1 is 2.00 bits per heavy atom. The van der Waals surface area contributed by atoms with E-state index in [1.54, 1.807) is 0 Å². The maximum absolute atomic E-state index is 11.1. The smallest absolute Gasteiger partial charge is 0.183 e. The van der Waals surface area contributed by atoms with Gasteiger partial charge in [0.2, 0.25) is 0 Å². The molecule has 0 spiro atoms. The number of halogens is 2. The van der Waals surface area contributed by atoms with Crippen LogP contribution < -0.4 is 0 Å². The molecule has 0 aliphatic carbocycles. The Morgan fingerprint density at radius 3 is 2.20 bits per heavy atom. The van der Waals surface area contributed by atoms with Crippen LogP contribution in [0.2, 0.25) is 0 Å². The van der Waals surface area contributed by atoms with Gasteiger partial charge in [0.25, 0.3) is 0 Å². The zero-order valence-corrected chi connectivity index (χ0v) is 4.02. The van der Waals surface area contributed by atoms with Gasteiger partial charge in [-0.05, 0) is 0 Å². The molecule has 1 radical (unpaired) electrons. The second-order valence-electron chi connectivity index (χ2n) is 0.558. The summed E-state index contributed by atoms with van der Waals surface area (Å²) in [6.07, 6.45) is 0. The molecule has 1 unspecified atom stereocenters. The van der Waals surface area contributed by atoms with Crippen molar-refractivity contribution in [3.05, 3.63) is 0 Å². The molecule has 0 aliphatic heterocycles. The third kappa shape index (κ3) is 4.57. The minimum absolute atomic E-state index is 0.0123. The molecule has 0 bridgehead atoms. The standard InChI is InChI=1S/C2H3ClFS/c3-2(4)1-5/h2H,1H2. The van der Waals surface area contributed by atoms with Crippen LogP contribution in [0.5, 0.6) is 0 Å². The van der Waals surface area contributed by atoms with Gasteiger partial charge in [-0.1, -0.05) is 24.2 Å². The summed E-state index contributed by atoms with van der Waals surface area (Å²) in [6, 6.07) is 0. The van der Waals surface area contributed by atoms with E-state index in [0.717, 1.165) is 0 Å². The second-order valence-corrected chi connectivity index (χ2v) is 1.36. The fourth-order valence-corrected chi connectivity index (χ4v) is 0. The van der Waals surface area contributed by atoms with Gasteiger partial charge in [-0.25, -0.2) is 4.39 Å². The van der Waals surface area contributed by atoms with Crippen LogP contribution in [0.1, 0.15) is 0 Å². The molecule has 3 heteroatoms. The minimum atomic E-state index is -1.33. The molecule has 0 nitrogen and oxygen atoms in total. The lowest BCUT2D eigenvalue weighted by molar-refractivity contribution is 0.482. The minimum Gasteiger partial charge on any atom is -0.229 e. The fourth-order valence-electron chi connectivity index (χ4n) is 0. The first kappa shape index (κ1) is 5.57. The molecule has 0 N–H and O–H groups in total. The first-order valence-electron chi connectivity index (χ1n) is 1.13. The molecule has 0 heterocycles. The Morgan fingerprint density at radius 2 is 2.20 bits per heavy atom. The monoisotopic (exact) mass is 113 g/mol. The van der Waals surface area contributed by atoms with Crippen LogP contribution in [-0.4, -0.2) is 11.4 Å². The highest BCUT2D eigenvalue weighted by Crippen LogP contribution is 1.96. The van der Waals surface area contributed by atoms with E-state index in [0.29, 0.717) is 0 Å². The third-order valence-corrected chi connectivity index (χ3v) is 0.756. The zero-order chi connectivity index (χ0) is 4.28. The molecule has 1 atom stereocenters. The fraction of sp³-hybridized carbons (Fsp3) is 1.00. The Bertz CT molecular complexity index is 23.6. The Labute approximate surface area is 40.7 Å². The maximum Gasteiger partial charge on any atom is 0.183 e. The van der Waals surface area contributed by atoms with Crippen LogP contribution in [0.15, 0.2) is 0 Å². The summed E-state index contributed by atoms with van der Waals surface area (Å²) in [5.41, 5.74) is -1.33. The third-order valence-electron chi connectivity index (χ3n) is 0.126. The normalized spacial score (nSPS) is 15.0. The predicted molar refractivity (Wildman–Crippen MR) is 23.2 cm³/mol. The first-order valence-corrected chi connectivity index (χ1v) is 2.15. The van der Waals surface area contributed by atoms with E-state index in [9.17, 15) is 4.39 Å².